The highest BCUT2D eigenvalue weighted by Crippen LogP contribution is 2.38. The third-order valence-electron chi connectivity index (χ3n) is 5.74. The summed E-state index contributed by atoms with van der Waals surface area (Å²) in [7, 11) is 0. The molecule has 0 radical (unpaired) electrons. The Hall–Kier alpha value is -2.78. The molecule has 31 heavy (non-hydrogen) atoms. The molecule has 2 aliphatic heterocycles. The third kappa shape index (κ3) is 4.20. The van der Waals surface area contributed by atoms with Crippen molar-refractivity contribution in [1.29, 1.82) is 0 Å². The van der Waals surface area contributed by atoms with E-state index in [1.165, 1.54) is 0 Å². The number of carbonyl (C=O) groups is 1. The lowest BCUT2D eigenvalue weighted by Gasteiger charge is -2.25. The highest BCUT2D eigenvalue weighted by atomic mass is 79.9. The number of hydrogen-bond donors (Lipinski definition) is 3. The van der Waals surface area contributed by atoms with Gasteiger partial charge in [-0.15, -0.1) is 0 Å². The SMILES string of the molecule is O=C(CN1CCC[C@@H]1c1ccc2c(c1)OCCCO2)Nc1cc2[nH]c(=O)[nH]c2cc1Br. The molecule has 2 aliphatic rings. The maximum atomic E-state index is 12.8. The van der Waals surface area contributed by atoms with E-state index in [2.05, 4.69) is 42.2 Å². The molecule has 1 saturated heterocycles. The van der Waals surface area contributed by atoms with Crippen LogP contribution in [0, 0.1) is 0 Å². The number of imidazole rings is 1. The summed E-state index contributed by atoms with van der Waals surface area (Å²) in [4.78, 5) is 31.9. The van der Waals surface area contributed by atoms with Gasteiger partial charge in [-0.05, 0) is 65.1 Å². The predicted octanol–water partition coefficient (Wildman–Crippen LogP) is 3.56. The molecule has 3 N–H and O–H groups in total. The summed E-state index contributed by atoms with van der Waals surface area (Å²) in [5, 5.41) is 2.96. The van der Waals surface area contributed by atoms with Crippen molar-refractivity contribution < 1.29 is 14.3 Å². The summed E-state index contributed by atoms with van der Waals surface area (Å²) in [6.45, 7) is 2.46. The average Bonchev–Trinajstić information content (AvgIpc) is 3.25. The van der Waals surface area contributed by atoms with Gasteiger partial charge in [0.25, 0.3) is 0 Å². The molecule has 0 bridgehead atoms. The van der Waals surface area contributed by atoms with Crippen molar-refractivity contribution in [2.24, 2.45) is 0 Å². The summed E-state index contributed by atoms with van der Waals surface area (Å²) in [5.41, 5.74) is 2.82. The number of aromatic amines is 2. The molecule has 162 valence electrons. The maximum absolute atomic E-state index is 12.8. The Bertz CT molecular complexity index is 1190. The van der Waals surface area contributed by atoms with Crippen LogP contribution >= 0.6 is 15.9 Å². The van der Waals surface area contributed by atoms with Gasteiger partial charge in [0, 0.05) is 16.9 Å². The van der Waals surface area contributed by atoms with Crippen LogP contribution in [0.4, 0.5) is 5.69 Å². The molecule has 1 fully saturated rings. The summed E-state index contributed by atoms with van der Waals surface area (Å²) in [6.07, 6.45) is 2.90. The Balaban J connectivity index is 1.30. The predicted molar refractivity (Wildman–Crippen MR) is 121 cm³/mol. The van der Waals surface area contributed by atoms with Crippen molar-refractivity contribution in [3.8, 4) is 11.5 Å². The zero-order valence-corrected chi connectivity index (χ0v) is 18.5. The Morgan fingerprint density at radius 1 is 1.10 bits per heavy atom. The number of fused-ring (bicyclic) bond motifs is 2. The number of likely N-dealkylation sites (tertiary alicyclic amines) is 1. The lowest BCUT2D eigenvalue weighted by atomic mass is 10.0. The molecule has 2 aromatic carbocycles. The van der Waals surface area contributed by atoms with Gasteiger partial charge in [-0.2, -0.15) is 0 Å². The number of halogens is 1. The molecule has 0 aliphatic carbocycles. The normalized spacial score (nSPS) is 18.8. The van der Waals surface area contributed by atoms with Crippen molar-refractivity contribution in [3.05, 3.63) is 50.9 Å². The van der Waals surface area contributed by atoms with Crippen LogP contribution in [0.15, 0.2) is 39.6 Å². The maximum Gasteiger partial charge on any atom is 0.323 e. The van der Waals surface area contributed by atoms with E-state index in [-0.39, 0.29) is 24.2 Å². The van der Waals surface area contributed by atoms with Crippen molar-refractivity contribution in [2.75, 3.05) is 31.6 Å². The number of hydrogen-bond acceptors (Lipinski definition) is 5. The van der Waals surface area contributed by atoms with Crippen molar-refractivity contribution in [2.45, 2.75) is 25.3 Å². The lowest BCUT2D eigenvalue weighted by molar-refractivity contribution is -0.117. The van der Waals surface area contributed by atoms with E-state index in [9.17, 15) is 9.59 Å². The van der Waals surface area contributed by atoms with Gasteiger partial charge in [0.1, 0.15) is 0 Å². The fourth-order valence-corrected chi connectivity index (χ4v) is 4.75. The number of carbonyl (C=O) groups excluding carboxylic acids is 1. The molecule has 3 aromatic rings. The molecule has 0 saturated carbocycles. The number of anilines is 1. The first kappa shape index (κ1) is 20.1. The zero-order chi connectivity index (χ0) is 21.4. The summed E-state index contributed by atoms with van der Waals surface area (Å²) in [6, 6.07) is 9.78. The van der Waals surface area contributed by atoms with Gasteiger partial charge in [0.2, 0.25) is 5.91 Å². The molecule has 9 heteroatoms. The first-order valence-electron chi connectivity index (χ1n) is 10.4. The number of amides is 1. The van der Waals surface area contributed by atoms with Crippen LogP contribution in [0.25, 0.3) is 11.0 Å². The molecule has 1 aromatic heterocycles. The van der Waals surface area contributed by atoms with E-state index >= 15 is 0 Å². The van der Waals surface area contributed by atoms with E-state index in [0.29, 0.717) is 34.4 Å². The number of H-pyrrole nitrogens is 2. The van der Waals surface area contributed by atoms with Gasteiger partial charge in [-0.1, -0.05) is 6.07 Å². The Labute approximate surface area is 187 Å². The number of rotatable bonds is 4. The summed E-state index contributed by atoms with van der Waals surface area (Å²) < 4.78 is 12.3. The topological polar surface area (TPSA) is 99.4 Å². The minimum absolute atomic E-state index is 0.0980. The minimum Gasteiger partial charge on any atom is -0.490 e. The highest BCUT2D eigenvalue weighted by molar-refractivity contribution is 9.10. The van der Waals surface area contributed by atoms with E-state index in [0.717, 1.165) is 42.9 Å². The number of aromatic nitrogens is 2. The minimum atomic E-state index is -0.277. The van der Waals surface area contributed by atoms with Crippen molar-refractivity contribution in [3.63, 3.8) is 0 Å². The van der Waals surface area contributed by atoms with E-state index in [4.69, 9.17) is 9.47 Å². The molecule has 0 unspecified atom stereocenters. The van der Waals surface area contributed by atoms with Crippen LogP contribution in [0.3, 0.4) is 0 Å². The van der Waals surface area contributed by atoms with Gasteiger partial charge in [-0.3, -0.25) is 9.69 Å². The van der Waals surface area contributed by atoms with E-state index < -0.39 is 0 Å². The number of ether oxygens (including phenoxy) is 2. The second-order valence-electron chi connectivity index (χ2n) is 7.89. The van der Waals surface area contributed by atoms with Crippen LogP contribution in [0.1, 0.15) is 30.9 Å². The Kier molecular flexibility index (Phi) is 5.45. The smallest absolute Gasteiger partial charge is 0.323 e. The lowest BCUT2D eigenvalue weighted by Crippen LogP contribution is -2.33. The standard InChI is InChI=1S/C22H23BrN4O4/c23-14-10-16-17(26-22(29)25-16)11-15(14)24-21(28)12-27-6-1-3-18(27)13-4-5-19-20(9-13)31-8-2-7-30-19/h4-5,9-11,18H,1-3,6-8,12H2,(H,24,28)(H2,25,26,29)/t18-/m1/s1. The van der Waals surface area contributed by atoms with Crippen LogP contribution < -0.4 is 20.5 Å². The molecule has 5 rings (SSSR count). The van der Waals surface area contributed by atoms with Crippen LogP contribution in [-0.2, 0) is 4.79 Å². The summed E-state index contributed by atoms with van der Waals surface area (Å²) in [5.74, 6) is 1.47. The molecule has 8 nitrogen and oxygen atoms in total. The van der Waals surface area contributed by atoms with Gasteiger partial charge < -0.3 is 24.8 Å². The van der Waals surface area contributed by atoms with Crippen LogP contribution in [-0.4, -0.2) is 47.1 Å². The molecule has 1 atom stereocenters. The van der Waals surface area contributed by atoms with E-state index in [1.807, 2.05) is 12.1 Å². The van der Waals surface area contributed by atoms with Gasteiger partial charge >= 0.3 is 5.69 Å². The molecular formula is C22H23BrN4O4. The number of nitrogens with one attached hydrogen (secondary N) is 3. The number of nitrogens with zero attached hydrogens (tertiary/aromatic N) is 1. The Morgan fingerprint density at radius 2 is 1.87 bits per heavy atom. The Morgan fingerprint density at radius 3 is 2.71 bits per heavy atom. The van der Waals surface area contributed by atoms with Crippen molar-refractivity contribution in [1.82, 2.24) is 14.9 Å². The van der Waals surface area contributed by atoms with Crippen LogP contribution in [0.5, 0.6) is 11.5 Å². The monoisotopic (exact) mass is 486 g/mol. The molecule has 1 amide bonds. The molecule has 3 heterocycles. The fourth-order valence-electron chi connectivity index (χ4n) is 4.31. The zero-order valence-electron chi connectivity index (χ0n) is 16.9. The van der Waals surface area contributed by atoms with Crippen molar-refractivity contribution >= 4 is 38.6 Å². The second kappa shape index (κ2) is 8.39. The fraction of sp³-hybridized carbons (Fsp3) is 0.364. The quantitative estimate of drug-likeness (QED) is 0.523. The van der Waals surface area contributed by atoms with Gasteiger partial charge in [0.05, 0.1) is 36.5 Å². The highest BCUT2D eigenvalue weighted by Gasteiger charge is 2.29. The van der Waals surface area contributed by atoms with Gasteiger partial charge in [0.15, 0.2) is 11.5 Å². The largest absolute Gasteiger partial charge is 0.490 e. The first-order valence-corrected chi connectivity index (χ1v) is 11.2. The summed E-state index contributed by atoms with van der Waals surface area (Å²) >= 11 is 3.47. The molecular weight excluding hydrogens is 464 g/mol. The molecule has 0 spiro atoms. The number of benzene rings is 2. The third-order valence-corrected chi connectivity index (χ3v) is 6.40. The van der Waals surface area contributed by atoms with E-state index in [1.54, 1.807) is 12.1 Å². The first-order chi connectivity index (χ1) is 15.1. The van der Waals surface area contributed by atoms with Crippen LogP contribution in [0.2, 0.25) is 0 Å². The van der Waals surface area contributed by atoms with Gasteiger partial charge in [-0.25, -0.2) is 4.79 Å². The average molecular weight is 487 g/mol. The second-order valence-corrected chi connectivity index (χ2v) is 8.74.